The molecule has 0 fully saturated rings. The highest BCUT2D eigenvalue weighted by Crippen LogP contribution is 2.19. The molecule has 16 heavy (non-hydrogen) atoms. The maximum absolute atomic E-state index is 11.9. The van der Waals surface area contributed by atoms with E-state index in [0.717, 1.165) is 6.42 Å². The van der Waals surface area contributed by atoms with Crippen LogP contribution in [0, 0.1) is 0 Å². The molecule has 90 valence electrons. The molecule has 1 N–H and O–H groups in total. The Morgan fingerprint density at radius 2 is 1.81 bits per heavy atom. The predicted molar refractivity (Wildman–Crippen MR) is 56.8 cm³/mol. The molecule has 0 spiro atoms. The second kappa shape index (κ2) is 5.63. The van der Waals surface area contributed by atoms with Crippen LogP contribution in [0.2, 0.25) is 0 Å². The molecular weight excluding hydrogens is 219 g/mol. The third-order valence-corrected chi connectivity index (χ3v) is 1.82. The first-order valence-corrected chi connectivity index (χ1v) is 5.05. The Morgan fingerprint density at radius 1 is 1.19 bits per heavy atom. The maximum atomic E-state index is 11.9. The minimum absolute atomic E-state index is 0.432. The first-order chi connectivity index (χ1) is 7.51. The molecule has 5 heteroatoms. The monoisotopic (exact) mass is 233 g/mol. The van der Waals surface area contributed by atoms with Gasteiger partial charge in [0.05, 0.1) is 6.61 Å². The van der Waals surface area contributed by atoms with Crippen molar-refractivity contribution in [1.82, 2.24) is 0 Å². The Labute approximate surface area is 92.4 Å². The first-order valence-electron chi connectivity index (χ1n) is 5.05. The van der Waals surface area contributed by atoms with Crippen LogP contribution >= 0.6 is 0 Å². The summed E-state index contributed by atoms with van der Waals surface area (Å²) in [6.07, 6.45) is -3.30. The van der Waals surface area contributed by atoms with Crippen molar-refractivity contribution in [2.24, 2.45) is 0 Å². The first kappa shape index (κ1) is 12.7. The Morgan fingerprint density at radius 3 is 2.31 bits per heavy atom. The third kappa shape index (κ3) is 4.91. The molecule has 1 rings (SSSR count). The van der Waals surface area contributed by atoms with E-state index in [1.54, 1.807) is 24.3 Å². The van der Waals surface area contributed by atoms with Gasteiger partial charge in [0.25, 0.3) is 0 Å². The van der Waals surface area contributed by atoms with E-state index in [2.05, 4.69) is 5.32 Å². The van der Waals surface area contributed by atoms with E-state index >= 15 is 0 Å². The van der Waals surface area contributed by atoms with Crippen LogP contribution in [0.1, 0.15) is 13.3 Å². The molecule has 0 aliphatic carbocycles. The number of hydrogen-bond acceptors (Lipinski definition) is 2. The molecule has 0 aliphatic rings. The standard InChI is InChI=1S/C11H14F3NO/c1-2-7-16-10-5-3-9(4-6-10)15-8-11(12,13)14/h3-6,15H,2,7-8H2,1H3. The number of nitrogens with one attached hydrogen (secondary N) is 1. The molecule has 0 saturated carbocycles. The van der Waals surface area contributed by atoms with E-state index in [1.165, 1.54) is 0 Å². The molecule has 0 saturated heterocycles. The molecule has 0 aliphatic heterocycles. The summed E-state index contributed by atoms with van der Waals surface area (Å²) >= 11 is 0. The van der Waals surface area contributed by atoms with Gasteiger partial charge in [-0.1, -0.05) is 6.92 Å². The van der Waals surface area contributed by atoms with Crippen molar-refractivity contribution in [3.8, 4) is 5.75 Å². The lowest BCUT2D eigenvalue weighted by Crippen LogP contribution is -2.21. The Hall–Kier alpha value is -1.39. The molecular formula is C11H14F3NO. The van der Waals surface area contributed by atoms with Gasteiger partial charge in [-0.05, 0) is 30.7 Å². The van der Waals surface area contributed by atoms with Crippen LogP contribution in [-0.2, 0) is 0 Å². The van der Waals surface area contributed by atoms with E-state index in [9.17, 15) is 13.2 Å². The third-order valence-electron chi connectivity index (χ3n) is 1.82. The van der Waals surface area contributed by atoms with Gasteiger partial charge in [-0.15, -0.1) is 0 Å². The van der Waals surface area contributed by atoms with Crippen LogP contribution in [0.3, 0.4) is 0 Å². The molecule has 0 heterocycles. The lowest BCUT2D eigenvalue weighted by molar-refractivity contribution is -0.115. The number of anilines is 1. The maximum Gasteiger partial charge on any atom is 0.405 e. The Bertz CT molecular complexity index is 308. The highest BCUT2D eigenvalue weighted by molar-refractivity contribution is 5.46. The second-order valence-electron chi connectivity index (χ2n) is 3.34. The molecule has 0 unspecified atom stereocenters. The highest BCUT2D eigenvalue weighted by Gasteiger charge is 2.26. The predicted octanol–water partition coefficient (Wildman–Crippen LogP) is 3.45. The molecule has 0 bridgehead atoms. The summed E-state index contributed by atoms with van der Waals surface area (Å²) in [5.41, 5.74) is 0.432. The van der Waals surface area contributed by atoms with Crippen LogP contribution < -0.4 is 10.1 Å². The zero-order valence-corrected chi connectivity index (χ0v) is 8.97. The molecule has 2 nitrogen and oxygen atoms in total. The number of rotatable bonds is 5. The molecule has 1 aromatic carbocycles. The number of ether oxygens (including phenoxy) is 1. The summed E-state index contributed by atoms with van der Waals surface area (Å²) in [7, 11) is 0. The fourth-order valence-electron chi connectivity index (χ4n) is 1.09. The number of alkyl halides is 3. The van der Waals surface area contributed by atoms with Crippen LogP contribution in [0.4, 0.5) is 18.9 Å². The van der Waals surface area contributed by atoms with Crippen molar-refractivity contribution in [3.63, 3.8) is 0 Å². The van der Waals surface area contributed by atoms with Crippen molar-refractivity contribution < 1.29 is 17.9 Å². The summed E-state index contributed by atoms with van der Waals surface area (Å²) in [4.78, 5) is 0. The molecule has 1 aromatic rings. The second-order valence-corrected chi connectivity index (χ2v) is 3.34. The summed E-state index contributed by atoms with van der Waals surface area (Å²) < 4.78 is 41.0. The normalized spacial score (nSPS) is 11.2. The lowest BCUT2D eigenvalue weighted by atomic mass is 10.3. The van der Waals surface area contributed by atoms with Crippen LogP contribution in [0.25, 0.3) is 0 Å². The van der Waals surface area contributed by atoms with Crippen LogP contribution in [-0.4, -0.2) is 19.3 Å². The van der Waals surface area contributed by atoms with E-state index in [4.69, 9.17) is 4.74 Å². The SMILES string of the molecule is CCCOc1ccc(NCC(F)(F)F)cc1. The van der Waals surface area contributed by atoms with Crippen molar-refractivity contribution in [2.75, 3.05) is 18.5 Å². The van der Waals surface area contributed by atoms with Gasteiger partial charge >= 0.3 is 6.18 Å². The zero-order valence-electron chi connectivity index (χ0n) is 8.97. The minimum atomic E-state index is -4.20. The lowest BCUT2D eigenvalue weighted by Gasteiger charge is -2.10. The van der Waals surface area contributed by atoms with Gasteiger partial charge in [-0.25, -0.2) is 0 Å². The number of benzene rings is 1. The molecule has 0 radical (unpaired) electrons. The van der Waals surface area contributed by atoms with Gasteiger partial charge < -0.3 is 10.1 Å². The van der Waals surface area contributed by atoms with Crippen molar-refractivity contribution in [1.29, 1.82) is 0 Å². The smallest absolute Gasteiger partial charge is 0.405 e. The summed E-state index contributed by atoms with van der Waals surface area (Å²) in [5.74, 6) is 0.666. The largest absolute Gasteiger partial charge is 0.494 e. The topological polar surface area (TPSA) is 21.3 Å². The number of halogens is 3. The fraction of sp³-hybridized carbons (Fsp3) is 0.455. The van der Waals surface area contributed by atoms with E-state index in [-0.39, 0.29) is 0 Å². The van der Waals surface area contributed by atoms with E-state index in [1.807, 2.05) is 6.92 Å². The summed E-state index contributed by atoms with van der Waals surface area (Å²) in [6, 6.07) is 6.43. The van der Waals surface area contributed by atoms with Gasteiger partial charge in [0, 0.05) is 5.69 Å². The Kier molecular flexibility index (Phi) is 4.46. The van der Waals surface area contributed by atoms with E-state index < -0.39 is 12.7 Å². The number of hydrogen-bond donors (Lipinski definition) is 1. The quantitative estimate of drug-likeness (QED) is 0.841. The average molecular weight is 233 g/mol. The summed E-state index contributed by atoms with van der Waals surface area (Å²) in [6.45, 7) is 1.57. The van der Waals surface area contributed by atoms with Gasteiger partial charge in [0.2, 0.25) is 0 Å². The molecule has 0 aromatic heterocycles. The average Bonchev–Trinajstić information content (AvgIpc) is 2.24. The van der Waals surface area contributed by atoms with Gasteiger partial charge in [-0.3, -0.25) is 0 Å². The van der Waals surface area contributed by atoms with Crippen molar-refractivity contribution >= 4 is 5.69 Å². The fourth-order valence-corrected chi connectivity index (χ4v) is 1.09. The van der Waals surface area contributed by atoms with Crippen molar-refractivity contribution in [2.45, 2.75) is 19.5 Å². The molecule has 0 atom stereocenters. The summed E-state index contributed by atoms with van der Waals surface area (Å²) in [5, 5.41) is 2.29. The Balaban J connectivity index is 2.45. The van der Waals surface area contributed by atoms with E-state index in [0.29, 0.717) is 18.0 Å². The van der Waals surface area contributed by atoms with Gasteiger partial charge in [-0.2, -0.15) is 13.2 Å². The van der Waals surface area contributed by atoms with Gasteiger partial charge in [0.1, 0.15) is 12.3 Å². The van der Waals surface area contributed by atoms with Gasteiger partial charge in [0.15, 0.2) is 0 Å². The van der Waals surface area contributed by atoms with Crippen LogP contribution in [0.5, 0.6) is 5.75 Å². The van der Waals surface area contributed by atoms with Crippen LogP contribution in [0.15, 0.2) is 24.3 Å². The van der Waals surface area contributed by atoms with Crippen molar-refractivity contribution in [3.05, 3.63) is 24.3 Å². The highest BCUT2D eigenvalue weighted by atomic mass is 19.4. The zero-order chi connectivity index (χ0) is 12.0. The minimum Gasteiger partial charge on any atom is -0.494 e. The molecule has 0 amide bonds.